The molecule has 0 saturated carbocycles. The third kappa shape index (κ3) is 4.14. The molecule has 3 heterocycles. The quantitative estimate of drug-likeness (QED) is 0.447. The van der Waals surface area contributed by atoms with Crippen LogP contribution in [-0.4, -0.2) is 29.6 Å². The van der Waals surface area contributed by atoms with Crippen LogP contribution in [0.25, 0.3) is 5.57 Å². The standard InChI is InChI=1S/C28H26ClN3O4S/c1-4-6-15-31-20-14-10-8-12-18(20)22(25(31)33)24-26(34)32-23(17-11-7-9-13-19(17)29)21(27(35)36-5-2)16(3)30-28(32)37-24/h7-14,23H,4-6,15H2,1-3H3. The normalized spacial score (nSPS) is 18.0. The van der Waals surface area contributed by atoms with Crippen LogP contribution in [0.3, 0.4) is 0 Å². The third-order valence-corrected chi connectivity index (χ3v) is 7.98. The van der Waals surface area contributed by atoms with Crippen molar-refractivity contribution in [2.24, 2.45) is 4.99 Å². The van der Waals surface area contributed by atoms with Gasteiger partial charge in [-0.15, -0.1) is 0 Å². The van der Waals surface area contributed by atoms with Crippen LogP contribution < -0.4 is 19.8 Å². The van der Waals surface area contributed by atoms with Crippen LogP contribution >= 0.6 is 22.9 Å². The lowest BCUT2D eigenvalue weighted by Crippen LogP contribution is -2.41. The molecule has 0 N–H and O–H groups in total. The maximum Gasteiger partial charge on any atom is 0.338 e. The Morgan fingerprint density at radius 2 is 1.84 bits per heavy atom. The van der Waals surface area contributed by atoms with Gasteiger partial charge in [0, 0.05) is 17.1 Å². The van der Waals surface area contributed by atoms with Crippen molar-refractivity contribution in [2.75, 3.05) is 18.1 Å². The molecule has 1 unspecified atom stereocenters. The summed E-state index contributed by atoms with van der Waals surface area (Å²) in [6.45, 7) is 6.27. The average molecular weight is 536 g/mol. The average Bonchev–Trinajstić information content (AvgIpc) is 3.34. The molecule has 0 fully saturated rings. The van der Waals surface area contributed by atoms with Gasteiger partial charge in [-0.25, -0.2) is 9.79 Å². The first-order valence-corrected chi connectivity index (χ1v) is 13.5. The molecule has 0 saturated heterocycles. The molecule has 0 aliphatic carbocycles. The number of esters is 1. The van der Waals surface area contributed by atoms with Gasteiger partial charge in [-0.3, -0.25) is 14.2 Å². The molecular weight excluding hydrogens is 510 g/mol. The van der Waals surface area contributed by atoms with Gasteiger partial charge in [0.1, 0.15) is 10.6 Å². The number of para-hydroxylation sites is 1. The number of carbonyl (C=O) groups is 2. The summed E-state index contributed by atoms with van der Waals surface area (Å²) in [6.07, 6.45) is 1.79. The van der Waals surface area contributed by atoms with Crippen LogP contribution in [0.1, 0.15) is 50.8 Å². The van der Waals surface area contributed by atoms with Gasteiger partial charge >= 0.3 is 5.97 Å². The number of benzene rings is 2. The number of unbranched alkanes of at least 4 members (excludes halogenated alkanes) is 1. The lowest BCUT2D eigenvalue weighted by Gasteiger charge is -2.25. The van der Waals surface area contributed by atoms with E-state index in [0.29, 0.717) is 37.7 Å². The third-order valence-electron chi connectivity index (χ3n) is 6.58. The molecule has 2 aliphatic heterocycles. The van der Waals surface area contributed by atoms with Gasteiger partial charge < -0.3 is 9.64 Å². The fourth-order valence-electron chi connectivity index (χ4n) is 4.87. The predicted octanol–water partition coefficient (Wildman–Crippen LogP) is 3.97. The van der Waals surface area contributed by atoms with Crippen molar-refractivity contribution in [3.8, 4) is 0 Å². The smallest absolute Gasteiger partial charge is 0.338 e. The number of ether oxygens (including phenoxy) is 1. The number of thiazole rings is 1. The van der Waals surface area contributed by atoms with E-state index in [2.05, 4.69) is 11.9 Å². The summed E-state index contributed by atoms with van der Waals surface area (Å²) in [5.41, 5.74) is 2.79. The van der Waals surface area contributed by atoms with Crippen LogP contribution in [0.2, 0.25) is 5.02 Å². The Morgan fingerprint density at radius 3 is 2.57 bits per heavy atom. The molecule has 2 aliphatic rings. The predicted molar refractivity (Wildman–Crippen MR) is 144 cm³/mol. The summed E-state index contributed by atoms with van der Waals surface area (Å²) in [5, 5.41) is 0.412. The molecular formula is C28H26ClN3O4S. The van der Waals surface area contributed by atoms with E-state index in [-0.39, 0.29) is 18.1 Å². The van der Waals surface area contributed by atoms with E-state index >= 15 is 0 Å². The minimum Gasteiger partial charge on any atom is -0.463 e. The molecule has 1 amide bonds. The molecule has 0 radical (unpaired) electrons. The number of nitrogens with zero attached hydrogens (tertiary/aromatic N) is 3. The second kappa shape index (κ2) is 10.1. The largest absolute Gasteiger partial charge is 0.463 e. The summed E-state index contributed by atoms with van der Waals surface area (Å²) in [5.74, 6) is -0.754. The number of hydrogen-bond donors (Lipinski definition) is 0. The summed E-state index contributed by atoms with van der Waals surface area (Å²) >= 11 is 7.74. The topological polar surface area (TPSA) is 81.0 Å². The molecule has 0 bridgehead atoms. The minimum atomic E-state index is -0.832. The van der Waals surface area contributed by atoms with E-state index in [1.165, 1.54) is 4.57 Å². The van der Waals surface area contributed by atoms with Crippen molar-refractivity contribution in [1.82, 2.24) is 4.57 Å². The van der Waals surface area contributed by atoms with Crippen LogP contribution in [0.5, 0.6) is 0 Å². The number of rotatable bonds is 6. The van der Waals surface area contributed by atoms with Crippen molar-refractivity contribution < 1.29 is 14.3 Å². The Labute approximate surface area is 223 Å². The Kier molecular flexibility index (Phi) is 6.88. The molecule has 5 rings (SSSR count). The molecule has 0 spiro atoms. The highest BCUT2D eigenvalue weighted by Crippen LogP contribution is 2.36. The molecule has 7 nitrogen and oxygen atoms in total. The highest BCUT2D eigenvalue weighted by atomic mass is 35.5. The van der Waals surface area contributed by atoms with Crippen molar-refractivity contribution >= 4 is 46.1 Å². The first-order valence-electron chi connectivity index (χ1n) is 12.3. The number of allylic oxidation sites excluding steroid dienone is 1. The van der Waals surface area contributed by atoms with Crippen LogP contribution in [0, 0.1) is 0 Å². The first-order chi connectivity index (χ1) is 17.9. The van der Waals surface area contributed by atoms with Crippen molar-refractivity contribution in [3.63, 3.8) is 0 Å². The minimum absolute atomic E-state index is 0.179. The number of hydrogen-bond acceptors (Lipinski definition) is 6. The van der Waals surface area contributed by atoms with Crippen molar-refractivity contribution in [3.05, 3.63) is 95.6 Å². The summed E-state index contributed by atoms with van der Waals surface area (Å²) in [4.78, 5) is 47.6. The lowest BCUT2D eigenvalue weighted by atomic mass is 9.96. The second-order valence-corrected chi connectivity index (χ2v) is 10.2. The molecule has 2 aromatic carbocycles. The summed E-state index contributed by atoms with van der Waals surface area (Å²) < 4.78 is 7.11. The lowest BCUT2D eigenvalue weighted by molar-refractivity contribution is -0.139. The number of anilines is 1. The van der Waals surface area contributed by atoms with Gasteiger partial charge in [-0.1, -0.05) is 72.7 Å². The van der Waals surface area contributed by atoms with Crippen LogP contribution in [0.4, 0.5) is 5.69 Å². The van der Waals surface area contributed by atoms with Crippen LogP contribution in [0.15, 0.2) is 69.6 Å². The monoisotopic (exact) mass is 535 g/mol. The molecule has 1 aromatic heterocycles. The molecule has 1 atom stereocenters. The maximum atomic E-state index is 14.1. The highest BCUT2D eigenvalue weighted by molar-refractivity contribution is 7.07. The molecule has 3 aromatic rings. The van der Waals surface area contributed by atoms with E-state index in [4.69, 9.17) is 16.3 Å². The fraction of sp³-hybridized carbons (Fsp3) is 0.286. The van der Waals surface area contributed by atoms with E-state index < -0.39 is 17.6 Å². The number of amides is 1. The zero-order chi connectivity index (χ0) is 26.3. The fourth-order valence-corrected chi connectivity index (χ4v) is 6.25. The zero-order valence-corrected chi connectivity index (χ0v) is 22.4. The van der Waals surface area contributed by atoms with E-state index in [1.807, 2.05) is 24.3 Å². The SMILES string of the molecule is CCCCN1C(=O)C(=c2sc3n(c2=O)C(c2ccccc2Cl)C(C(=O)OCC)=C(C)N=3)c2ccccc21. The number of fused-ring (bicyclic) bond motifs is 2. The summed E-state index contributed by atoms with van der Waals surface area (Å²) in [6, 6.07) is 13.8. The molecule has 9 heteroatoms. The van der Waals surface area contributed by atoms with Gasteiger partial charge in [0.25, 0.3) is 11.5 Å². The summed E-state index contributed by atoms with van der Waals surface area (Å²) in [7, 11) is 0. The zero-order valence-electron chi connectivity index (χ0n) is 20.8. The number of halogens is 1. The van der Waals surface area contributed by atoms with E-state index in [9.17, 15) is 14.4 Å². The van der Waals surface area contributed by atoms with Gasteiger partial charge in [0.05, 0.1) is 29.1 Å². The van der Waals surface area contributed by atoms with Gasteiger partial charge in [-0.2, -0.15) is 0 Å². The van der Waals surface area contributed by atoms with Crippen molar-refractivity contribution in [2.45, 2.75) is 39.7 Å². The van der Waals surface area contributed by atoms with Gasteiger partial charge in [0.2, 0.25) is 0 Å². The first kappa shape index (κ1) is 25.2. The van der Waals surface area contributed by atoms with Crippen molar-refractivity contribution in [1.29, 1.82) is 0 Å². The second-order valence-electron chi connectivity index (χ2n) is 8.85. The van der Waals surface area contributed by atoms with Gasteiger partial charge in [-0.05, 0) is 38.0 Å². The Hall–Kier alpha value is -3.49. The Bertz CT molecular complexity index is 1640. The Morgan fingerprint density at radius 1 is 1.11 bits per heavy atom. The van der Waals surface area contributed by atoms with Gasteiger partial charge in [0.15, 0.2) is 4.80 Å². The highest BCUT2D eigenvalue weighted by Gasteiger charge is 2.37. The number of carbonyl (C=O) groups excluding carboxylic acids is 2. The molecule has 190 valence electrons. The van der Waals surface area contributed by atoms with E-state index in [1.54, 1.807) is 43.0 Å². The van der Waals surface area contributed by atoms with Crippen LogP contribution in [-0.2, 0) is 14.3 Å². The Balaban J connectivity index is 1.80. The van der Waals surface area contributed by atoms with E-state index in [0.717, 1.165) is 35.4 Å². The number of aromatic nitrogens is 1. The molecule has 37 heavy (non-hydrogen) atoms. The maximum absolute atomic E-state index is 14.1.